The van der Waals surface area contributed by atoms with Crippen molar-refractivity contribution in [1.29, 1.82) is 0 Å². The van der Waals surface area contributed by atoms with E-state index in [9.17, 15) is 14.4 Å². The molecule has 0 aromatic carbocycles. The van der Waals surface area contributed by atoms with Gasteiger partial charge in [-0.15, -0.1) is 11.8 Å². The molecule has 0 bridgehead atoms. The molecule has 112 valence electrons. The minimum atomic E-state index is -1.04. The lowest BCUT2D eigenvalue weighted by Crippen LogP contribution is -2.50. The number of rotatable bonds is 4. The Morgan fingerprint density at radius 3 is 2.55 bits per heavy atom. The molecule has 1 unspecified atom stereocenters. The zero-order chi connectivity index (χ0) is 14.7. The van der Waals surface area contributed by atoms with E-state index in [1.807, 2.05) is 0 Å². The van der Waals surface area contributed by atoms with Crippen molar-refractivity contribution in [3.8, 4) is 0 Å². The summed E-state index contributed by atoms with van der Waals surface area (Å²) in [5.74, 6) is -0.110. The van der Waals surface area contributed by atoms with Gasteiger partial charge in [-0.3, -0.25) is 14.4 Å². The van der Waals surface area contributed by atoms with Crippen LogP contribution in [-0.2, 0) is 14.4 Å². The Morgan fingerprint density at radius 1 is 1.30 bits per heavy atom. The predicted octanol–water partition coefficient (Wildman–Crippen LogP) is 0.621. The molecular weight excluding hydrogens is 280 g/mol. The highest BCUT2D eigenvalue weighted by Gasteiger charge is 2.39. The number of carbonyl (C=O) groups excluding carboxylic acids is 2. The van der Waals surface area contributed by atoms with Crippen molar-refractivity contribution >= 4 is 29.5 Å². The summed E-state index contributed by atoms with van der Waals surface area (Å²) in [5.41, 5.74) is 0. The Kier molecular flexibility index (Phi) is 4.91. The average Bonchev–Trinajstić information content (AvgIpc) is 3.07. The molecule has 1 saturated carbocycles. The number of carboxylic acids is 1. The molecule has 20 heavy (non-hydrogen) atoms. The normalized spacial score (nSPS) is 23.1. The second-order valence-electron chi connectivity index (χ2n) is 5.39. The fourth-order valence-corrected chi connectivity index (χ4v) is 3.96. The second kappa shape index (κ2) is 6.47. The smallest absolute Gasteiger partial charge is 0.323 e. The van der Waals surface area contributed by atoms with E-state index in [1.54, 1.807) is 16.7 Å². The van der Waals surface area contributed by atoms with E-state index in [4.69, 9.17) is 5.11 Å². The first-order chi connectivity index (χ1) is 9.50. The van der Waals surface area contributed by atoms with Gasteiger partial charge in [0.05, 0.1) is 5.88 Å². The van der Waals surface area contributed by atoms with Crippen LogP contribution in [0.1, 0.15) is 25.7 Å². The van der Waals surface area contributed by atoms with Crippen LogP contribution in [0.4, 0.5) is 0 Å². The molecule has 2 aliphatic rings. The molecular formula is C13H20N2O4S. The lowest BCUT2D eigenvalue weighted by atomic mass is 10.1. The zero-order valence-corrected chi connectivity index (χ0v) is 12.4. The van der Waals surface area contributed by atoms with Gasteiger partial charge in [0.25, 0.3) is 0 Å². The summed E-state index contributed by atoms with van der Waals surface area (Å²) in [5, 5.41) is 8.74. The maximum absolute atomic E-state index is 12.4. The van der Waals surface area contributed by atoms with Crippen LogP contribution in [0, 0.1) is 5.92 Å². The molecule has 2 amide bonds. The maximum atomic E-state index is 12.4. The molecule has 6 nitrogen and oxygen atoms in total. The Balaban J connectivity index is 2.00. The molecule has 0 aromatic heterocycles. The summed E-state index contributed by atoms with van der Waals surface area (Å²) in [6.07, 6.45) is 3.97. The van der Waals surface area contributed by atoms with E-state index < -0.39 is 12.0 Å². The molecule has 7 heteroatoms. The number of hydrogen-bond acceptors (Lipinski definition) is 4. The van der Waals surface area contributed by atoms with Crippen LogP contribution < -0.4 is 0 Å². The monoisotopic (exact) mass is 300 g/mol. The van der Waals surface area contributed by atoms with Gasteiger partial charge in [-0.05, 0) is 12.8 Å². The van der Waals surface area contributed by atoms with E-state index in [0.717, 1.165) is 25.7 Å². The summed E-state index contributed by atoms with van der Waals surface area (Å²) < 4.78 is 0. The largest absolute Gasteiger partial charge is 0.480 e. The number of nitrogens with zero attached hydrogens (tertiary/aromatic N) is 2. The van der Waals surface area contributed by atoms with E-state index in [-0.39, 0.29) is 24.3 Å². The molecule has 2 rings (SSSR count). The molecule has 0 aromatic rings. The van der Waals surface area contributed by atoms with Crippen LogP contribution in [-0.4, -0.2) is 64.0 Å². The van der Waals surface area contributed by atoms with Crippen LogP contribution in [0.25, 0.3) is 0 Å². The van der Waals surface area contributed by atoms with Crippen LogP contribution in [0.3, 0.4) is 0 Å². The Hall–Kier alpha value is -1.24. The highest BCUT2D eigenvalue weighted by atomic mass is 32.2. The molecule has 1 atom stereocenters. The minimum Gasteiger partial charge on any atom is -0.480 e. The van der Waals surface area contributed by atoms with Gasteiger partial charge in [0.1, 0.15) is 12.6 Å². The second-order valence-corrected chi connectivity index (χ2v) is 6.39. The molecule has 2 fully saturated rings. The standard InChI is InChI=1S/C13H20N2O4S/c1-14(6-11(16)17)13(19)10-7-20-8-15(10)12(18)9-4-2-3-5-9/h9-10H,2-8H2,1H3,(H,16,17). The Morgan fingerprint density at radius 2 is 1.95 bits per heavy atom. The van der Waals surface area contributed by atoms with Crippen LogP contribution in [0.15, 0.2) is 0 Å². The van der Waals surface area contributed by atoms with Gasteiger partial charge >= 0.3 is 5.97 Å². The summed E-state index contributed by atoms with van der Waals surface area (Å²) in [4.78, 5) is 38.2. The lowest BCUT2D eigenvalue weighted by Gasteiger charge is -2.28. The number of likely N-dealkylation sites (N-methyl/N-ethyl adjacent to an activating group) is 1. The fraction of sp³-hybridized carbons (Fsp3) is 0.769. The van der Waals surface area contributed by atoms with Gasteiger partial charge in [0, 0.05) is 18.7 Å². The highest BCUT2D eigenvalue weighted by Crippen LogP contribution is 2.31. The van der Waals surface area contributed by atoms with Crippen molar-refractivity contribution in [3.05, 3.63) is 0 Å². The average molecular weight is 300 g/mol. The molecule has 0 spiro atoms. The van der Waals surface area contributed by atoms with Gasteiger partial charge < -0.3 is 14.9 Å². The molecule has 1 saturated heterocycles. The number of carbonyl (C=O) groups is 3. The number of carboxylic acid groups (broad SMARTS) is 1. The van der Waals surface area contributed by atoms with Gasteiger partial charge in [-0.1, -0.05) is 12.8 Å². The molecule has 1 aliphatic carbocycles. The van der Waals surface area contributed by atoms with Crippen molar-refractivity contribution in [2.45, 2.75) is 31.7 Å². The van der Waals surface area contributed by atoms with E-state index in [1.165, 1.54) is 11.9 Å². The first-order valence-electron chi connectivity index (χ1n) is 6.85. The van der Waals surface area contributed by atoms with Crippen molar-refractivity contribution in [1.82, 2.24) is 9.80 Å². The van der Waals surface area contributed by atoms with Gasteiger partial charge in [0.2, 0.25) is 11.8 Å². The SMILES string of the molecule is CN(CC(=O)O)C(=O)C1CSCN1C(=O)C1CCCC1. The van der Waals surface area contributed by atoms with E-state index >= 15 is 0 Å². The topological polar surface area (TPSA) is 77.9 Å². The molecule has 1 aliphatic heterocycles. The number of thioether (sulfide) groups is 1. The maximum Gasteiger partial charge on any atom is 0.323 e. The van der Waals surface area contributed by atoms with Crippen LogP contribution in [0.5, 0.6) is 0 Å². The molecule has 1 heterocycles. The lowest BCUT2D eigenvalue weighted by molar-refractivity contribution is -0.148. The predicted molar refractivity (Wildman–Crippen MR) is 75.2 cm³/mol. The first-order valence-corrected chi connectivity index (χ1v) is 8.01. The third kappa shape index (κ3) is 3.26. The third-order valence-corrected chi connectivity index (χ3v) is 4.92. The van der Waals surface area contributed by atoms with Crippen LogP contribution >= 0.6 is 11.8 Å². The third-order valence-electron chi connectivity index (χ3n) is 3.90. The van der Waals surface area contributed by atoms with Crippen LogP contribution in [0.2, 0.25) is 0 Å². The summed E-state index contributed by atoms with van der Waals surface area (Å²) >= 11 is 1.55. The number of aliphatic carboxylic acids is 1. The van der Waals surface area contributed by atoms with Crippen molar-refractivity contribution in [3.63, 3.8) is 0 Å². The number of amides is 2. The molecule has 0 radical (unpaired) electrons. The van der Waals surface area contributed by atoms with Crippen molar-refractivity contribution in [2.75, 3.05) is 25.2 Å². The van der Waals surface area contributed by atoms with Gasteiger partial charge in [0.15, 0.2) is 0 Å². The zero-order valence-electron chi connectivity index (χ0n) is 11.6. The fourth-order valence-electron chi connectivity index (χ4n) is 2.81. The Bertz CT molecular complexity index is 409. The van der Waals surface area contributed by atoms with Crippen molar-refractivity contribution in [2.24, 2.45) is 5.92 Å². The van der Waals surface area contributed by atoms with Gasteiger partial charge in [-0.2, -0.15) is 0 Å². The number of hydrogen-bond donors (Lipinski definition) is 1. The highest BCUT2D eigenvalue weighted by molar-refractivity contribution is 7.99. The Labute approximate surface area is 122 Å². The van der Waals surface area contributed by atoms with Crippen molar-refractivity contribution < 1.29 is 19.5 Å². The summed E-state index contributed by atoms with van der Waals surface area (Å²) in [6.45, 7) is -0.328. The summed E-state index contributed by atoms with van der Waals surface area (Å²) in [6, 6.07) is -0.502. The van der Waals surface area contributed by atoms with Gasteiger partial charge in [-0.25, -0.2) is 0 Å². The first kappa shape index (κ1) is 15.2. The minimum absolute atomic E-state index is 0.0498. The molecule has 1 N–H and O–H groups in total. The van der Waals surface area contributed by atoms with E-state index in [0.29, 0.717) is 11.6 Å². The van der Waals surface area contributed by atoms with E-state index in [2.05, 4.69) is 0 Å². The summed E-state index contributed by atoms with van der Waals surface area (Å²) in [7, 11) is 1.47. The quantitative estimate of drug-likeness (QED) is 0.823.